The minimum absolute atomic E-state index is 0.0331. The quantitative estimate of drug-likeness (QED) is 0.528. The van der Waals surface area contributed by atoms with Crippen molar-refractivity contribution < 1.29 is 9.59 Å². The first-order chi connectivity index (χ1) is 12.1. The first-order valence-electron chi connectivity index (χ1n) is 7.80. The Morgan fingerprint density at radius 3 is 2.60 bits per heavy atom. The van der Waals surface area contributed by atoms with Gasteiger partial charge in [-0.15, -0.1) is 11.3 Å². The van der Waals surface area contributed by atoms with Gasteiger partial charge in [0.2, 0.25) is 11.8 Å². The number of hydrogen-bond acceptors (Lipinski definition) is 4. The Bertz CT molecular complexity index is 770. The van der Waals surface area contributed by atoms with E-state index in [-0.39, 0.29) is 16.9 Å². The number of benzene rings is 1. The second-order valence-corrected chi connectivity index (χ2v) is 6.56. The molecule has 0 aliphatic rings. The molecule has 0 unspecified atom stereocenters. The number of nitrogens with one attached hydrogen (secondary N) is 3. The minimum Gasteiger partial charge on any atom is -0.332 e. The lowest BCUT2D eigenvalue weighted by Gasteiger charge is -2.10. The molecule has 7 heteroatoms. The monoisotopic (exact) mass is 373 g/mol. The Hall–Kier alpha value is -2.51. The fourth-order valence-corrected chi connectivity index (χ4v) is 2.82. The van der Waals surface area contributed by atoms with Gasteiger partial charge < -0.3 is 10.6 Å². The molecule has 1 heterocycles. The number of thiocarbonyl (C=S) groups is 1. The standard InChI is InChI=1S/C18H19N3O2S2/c1-2-5-16(22)19-13-6-3-7-14(12-13)20-18(24)21-17(23)10-9-15-8-4-11-25-15/h3-4,6-12H,2,5H2,1H3,(H,19,22)(H2,20,21,23,24)/b10-9+. The van der Waals surface area contributed by atoms with E-state index < -0.39 is 0 Å². The van der Waals surface area contributed by atoms with Gasteiger partial charge in [0.15, 0.2) is 5.11 Å². The number of thiophene rings is 1. The number of amides is 2. The Labute approximate surface area is 156 Å². The normalized spacial score (nSPS) is 10.4. The molecule has 0 atom stereocenters. The molecule has 130 valence electrons. The molecule has 2 amide bonds. The molecule has 2 rings (SSSR count). The zero-order valence-electron chi connectivity index (χ0n) is 13.7. The van der Waals surface area contributed by atoms with Crippen LogP contribution in [-0.4, -0.2) is 16.9 Å². The van der Waals surface area contributed by atoms with Crippen LogP contribution in [0.15, 0.2) is 47.9 Å². The van der Waals surface area contributed by atoms with Gasteiger partial charge in [0.1, 0.15) is 0 Å². The van der Waals surface area contributed by atoms with Crippen LogP contribution in [0.1, 0.15) is 24.6 Å². The van der Waals surface area contributed by atoms with Crippen LogP contribution in [-0.2, 0) is 9.59 Å². The maximum atomic E-state index is 11.8. The molecule has 25 heavy (non-hydrogen) atoms. The summed E-state index contributed by atoms with van der Waals surface area (Å²) in [6, 6.07) is 11.0. The molecule has 1 aromatic heterocycles. The maximum Gasteiger partial charge on any atom is 0.250 e. The van der Waals surface area contributed by atoms with Crippen LogP contribution >= 0.6 is 23.6 Å². The number of hydrogen-bond donors (Lipinski definition) is 3. The Balaban J connectivity index is 1.87. The van der Waals surface area contributed by atoms with Gasteiger partial charge in [-0.1, -0.05) is 19.1 Å². The van der Waals surface area contributed by atoms with Crippen molar-refractivity contribution >= 4 is 57.9 Å². The van der Waals surface area contributed by atoms with E-state index >= 15 is 0 Å². The van der Waals surface area contributed by atoms with Crippen molar-refractivity contribution in [2.45, 2.75) is 19.8 Å². The zero-order chi connectivity index (χ0) is 18.1. The van der Waals surface area contributed by atoms with Gasteiger partial charge in [-0.25, -0.2) is 0 Å². The Kier molecular flexibility index (Phi) is 7.31. The van der Waals surface area contributed by atoms with Gasteiger partial charge in [-0.2, -0.15) is 0 Å². The molecule has 1 aromatic carbocycles. The van der Waals surface area contributed by atoms with Gasteiger partial charge in [0, 0.05) is 28.7 Å². The topological polar surface area (TPSA) is 70.2 Å². The third kappa shape index (κ3) is 6.86. The van der Waals surface area contributed by atoms with E-state index in [1.807, 2.05) is 24.4 Å². The molecule has 0 saturated carbocycles. The molecular weight excluding hydrogens is 354 g/mol. The Morgan fingerprint density at radius 1 is 1.16 bits per heavy atom. The molecule has 0 bridgehead atoms. The zero-order valence-corrected chi connectivity index (χ0v) is 15.4. The van der Waals surface area contributed by atoms with Gasteiger partial charge in [-0.3, -0.25) is 14.9 Å². The largest absolute Gasteiger partial charge is 0.332 e. The van der Waals surface area contributed by atoms with E-state index in [0.29, 0.717) is 17.8 Å². The third-order valence-electron chi connectivity index (χ3n) is 3.06. The smallest absolute Gasteiger partial charge is 0.250 e. The van der Waals surface area contributed by atoms with E-state index in [1.54, 1.807) is 41.7 Å². The average molecular weight is 374 g/mol. The number of anilines is 2. The fraction of sp³-hybridized carbons (Fsp3) is 0.167. The molecule has 5 nitrogen and oxygen atoms in total. The van der Waals surface area contributed by atoms with Crippen LogP contribution in [0.4, 0.5) is 11.4 Å². The predicted octanol–water partition coefficient (Wildman–Crippen LogP) is 4.01. The summed E-state index contributed by atoms with van der Waals surface area (Å²) in [4.78, 5) is 24.5. The first-order valence-corrected chi connectivity index (χ1v) is 9.09. The highest BCUT2D eigenvalue weighted by Gasteiger charge is 2.04. The molecule has 2 aromatic rings. The average Bonchev–Trinajstić information content (AvgIpc) is 3.06. The third-order valence-corrected chi connectivity index (χ3v) is 4.10. The van der Waals surface area contributed by atoms with Crippen LogP contribution in [0.2, 0.25) is 0 Å². The molecule has 0 spiro atoms. The molecular formula is C18H19N3O2S2. The van der Waals surface area contributed by atoms with E-state index in [4.69, 9.17) is 12.2 Å². The molecule has 0 saturated heterocycles. The molecule has 0 aliphatic heterocycles. The highest BCUT2D eigenvalue weighted by atomic mass is 32.1. The summed E-state index contributed by atoms with van der Waals surface area (Å²) < 4.78 is 0. The van der Waals surface area contributed by atoms with Crippen molar-refractivity contribution in [1.82, 2.24) is 5.32 Å². The fourth-order valence-electron chi connectivity index (χ4n) is 1.99. The van der Waals surface area contributed by atoms with Gasteiger partial charge in [-0.05, 0) is 54.4 Å². The van der Waals surface area contributed by atoms with Crippen molar-refractivity contribution in [3.05, 3.63) is 52.7 Å². The molecule has 0 radical (unpaired) electrons. The summed E-state index contributed by atoms with van der Waals surface area (Å²) in [7, 11) is 0. The van der Waals surface area contributed by atoms with E-state index in [9.17, 15) is 9.59 Å². The van der Waals surface area contributed by atoms with Crippen molar-refractivity contribution in [3.8, 4) is 0 Å². The summed E-state index contributed by atoms with van der Waals surface area (Å²) in [6.07, 6.45) is 4.43. The lowest BCUT2D eigenvalue weighted by molar-refractivity contribution is -0.116. The second-order valence-electron chi connectivity index (χ2n) is 5.17. The number of rotatable bonds is 6. The van der Waals surface area contributed by atoms with Crippen molar-refractivity contribution in [2.24, 2.45) is 0 Å². The van der Waals surface area contributed by atoms with E-state index in [2.05, 4.69) is 16.0 Å². The lowest BCUT2D eigenvalue weighted by atomic mass is 10.2. The lowest BCUT2D eigenvalue weighted by Crippen LogP contribution is -2.32. The highest BCUT2D eigenvalue weighted by Crippen LogP contribution is 2.15. The van der Waals surface area contributed by atoms with Crippen molar-refractivity contribution in [2.75, 3.05) is 10.6 Å². The second kappa shape index (κ2) is 9.71. The van der Waals surface area contributed by atoms with Crippen LogP contribution in [0.5, 0.6) is 0 Å². The van der Waals surface area contributed by atoms with Gasteiger partial charge in [0.05, 0.1) is 0 Å². The van der Waals surface area contributed by atoms with Crippen LogP contribution < -0.4 is 16.0 Å². The van der Waals surface area contributed by atoms with Crippen LogP contribution in [0.3, 0.4) is 0 Å². The first kappa shape index (κ1) is 18.8. The van der Waals surface area contributed by atoms with Gasteiger partial charge in [0.25, 0.3) is 0 Å². The predicted molar refractivity (Wildman–Crippen MR) is 108 cm³/mol. The van der Waals surface area contributed by atoms with E-state index in [1.165, 1.54) is 6.08 Å². The van der Waals surface area contributed by atoms with Crippen LogP contribution in [0.25, 0.3) is 6.08 Å². The summed E-state index contributed by atoms with van der Waals surface area (Å²) in [5.41, 5.74) is 1.36. The molecule has 3 N–H and O–H groups in total. The van der Waals surface area contributed by atoms with Crippen LogP contribution in [0, 0.1) is 0 Å². The Morgan fingerprint density at radius 2 is 1.92 bits per heavy atom. The maximum absolute atomic E-state index is 11.8. The summed E-state index contributed by atoms with van der Waals surface area (Å²) >= 11 is 6.68. The SMILES string of the molecule is CCCC(=O)Nc1cccc(NC(=S)NC(=O)/C=C/c2cccs2)c1. The van der Waals surface area contributed by atoms with Crippen molar-refractivity contribution in [3.63, 3.8) is 0 Å². The minimum atomic E-state index is -0.307. The summed E-state index contributed by atoms with van der Waals surface area (Å²) in [5.74, 6) is -0.340. The molecule has 0 aliphatic carbocycles. The summed E-state index contributed by atoms with van der Waals surface area (Å²) in [6.45, 7) is 1.95. The summed E-state index contributed by atoms with van der Waals surface area (Å²) in [5, 5.41) is 10.5. The highest BCUT2D eigenvalue weighted by molar-refractivity contribution is 7.80. The van der Waals surface area contributed by atoms with Crippen molar-refractivity contribution in [1.29, 1.82) is 0 Å². The number of carbonyl (C=O) groups excluding carboxylic acids is 2. The van der Waals surface area contributed by atoms with E-state index in [0.717, 1.165) is 11.3 Å². The van der Waals surface area contributed by atoms with Gasteiger partial charge >= 0.3 is 0 Å². The number of carbonyl (C=O) groups is 2. The molecule has 0 fully saturated rings.